The van der Waals surface area contributed by atoms with Crippen molar-refractivity contribution in [2.75, 3.05) is 0 Å². The Bertz CT molecular complexity index is 564. The molecule has 0 aliphatic carbocycles. The molecule has 2 N–H and O–H groups in total. The van der Waals surface area contributed by atoms with Crippen molar-refractivity contribution in [3.8, 4) is 5.75 Å². The zero-order valence-corrected chi connectivity index (χ0v) is 12.0. The molecule has 0 bridgehead atoms. The molecule has 2 rings (SSSR count). The third-order valence-corrected chi connectivity index (χ3v) is 3.18. The smallest absolute Gasteiger partial charge is 0.146 e. The lowest BCUT2D eigenvalue weighted by Crippen LogP contribution is -2.05. The Labute approximate surface area is 114 Å². The highest BCUT2D eigenvalue weighted by atomic mass is 16.5. The number of benzene rings is 1. The Balaban J connectivity index is 2.16. The van der Waals surface area contributed by atoms with Crippen molar-refractivity contribution in [2.45, 2.75) is 33.9 Å². The number of nitrogens with zero attached hydrogens (tertiary/aromatic N) is 2. The van der Waals surface area contributed by atoms with Gasteiger partial charge >= 0.3 is 0 Å². The van der Waals surface area contributed by atoms with Gasteiger partial charge in [0, 0.05) is 19.8 Å². The Morgan fingerprint density at radius 2 is 1.84 bits per heavy atom. The molecule has 4 heteroatoms. The summed E-state index contributed by atoms with van der Waals surface area (Å²) in [6, 6.07) is 4.26. The van der Waals surface area contributed by atoms with E-state index in [1.54, 1.807) is 0 Å². The van der Waals surface area contributed by atoms with Gasteiger partial charge in [0.1, 0.15) is 18.2 Å². The average molecular weight is 259 g/mol. The highest BCUT2D eigenvalue weighted by Gasteiger charge is 2.08. The van der Waals surface area contributed by atoms with Crippen molar-refractivity contribution in [1.29, 1.82) is 0 Å². The van der Waals surface area contributed by atoms with Crippen LogP contribution < -0.4 is 10.5 Å². The van der Waals surface area contributed by atoms with Crippen LogP contribution in [-0.4, -0.2) is 9.55 Å². The Morgan fingerprint density at radius 3 is 2.37 bits per heavy atom. The summed E-state index contributed by atoms with van der Waals surface area (Å²) in [6.45, 7) is 7.14. The van der Waals surface area contributed by atoms with Gasteiger partial charge in [-0.15, -0.1) is 0 Å². The summed E-state index contributed by atoms with van der Waals surface area (Å²) in [5.41, 5.74) is 10.0. The van der Waals surface area contributed by atoms with E-state index in [9.17, 15) is 0 Å². The largest absolute Gasteiger partial charge is 0.485 e. The molecule has 0 aliphatic heterocycles. The molecule has 2 aromatic rings. The van der Waals surface area contributed by atoms with Gasteiger partial charge in [0.25, 0.3) is 0 Å². The maximum Gasteiger partial charge on any atom is 0.146 e. The van der Waals surface area contributed by atoms with E-state index in [-0.39, 0.29) is 0 Å². The van der Waals surface area contributed by atoms with Crippen LogP contribution in [0.15, 0.2) is 18.3 Å². The minimum Gasteiger partial charge on any atom is -0.485 e. The van der Waals surface area contributed by atoms with Crippen LogP contribution in [0.2, 0.25) is 0 Å². The zero-order chi connectivity index (χ0) is 14.0. The van der Waals surface area contributed by atoms with Crippen molar-refractivity contribution in [1.82, 2.24) is 9.55 Å². The fourth-order valence-electron chi connectivity index (χ4n) is 2.34. The van der Waals surface area contributed by atoms with Crippen LogP contribution >= 0.6 is 0 Å². The lowest BCUT2D eigenvalue weighted by molar-refractivity contribution is 0.287. The van der Waals surface area contributed by atoms with Crippen molar-refractivity contribution < 1.29 is 4.74 Å². The maximum absolute atomic E-state index is 5.92. The van der Waals surface area contributed by atoms with Crippen LogP contribution in [-0.2, 0) is 20.2 Å². The van der Waals surface area contributed by atoms with Crippen molar-refractivity contribution >= 4 is 0 Å². The monoisotopic (exact) mass is 259 g/mol. The first kappa shape index (κ1) is 13.6. The molecular weight excluding hydrogens is 238 g/mol. The first-order valence-corrected chi connectivity index (χ1v) is 6.43. The van der Waals surface area contributed by atoms with E-state index in [4.69, 9.17) is 10.5 Å². The molecule has 1 aromatic heterocycles. The summed E-state index contributed by atoms with van der Waals surface area (Å²) >= 11 is 0. The van der Waals surface area contributed by atoms with E-state index in [2.05, 4.69) is 37.9 Å². The molecule has 0 unspecified atom stereocenters. The van der Waals surface area contributed by atoms with Gasteiger partial charge in [0.05, 0.1) is 5.69 Å². The molecule has 19 heavy (non-hydrogen) atoms. The number of imidazole rings is 1. The van der Waals surface area contributed by atoms with Crippen LogP contribution in [0.25, 0.3) is 0 Å². The van der Waals surface area contributed by atoms with Gasteiger partial charge in [-0.1, -0.05) is 17.7 Å². The molecule has 0 amide bonds. The van der Waals surface area contributed by atoms with E-state index in [1.165, 1.54) is 5.56 Å². The summed E-state index contributed by atoms with van der Waals surface area (Å²) in [7, 11) is 1.96. The maximum atomic E-state index is 5.92. The summed E-state index contributed by atoms with van der Waals surface area (Å²) in [4.78, 5) is 4.43. The molecule has 0 spiro atoms. The number of ether oxygens (including phenoxy) is 1. The van der Waals surface area contributed by atoms with E-state index in [0.29, 0.717) is 13.2 Å². The third-order valence-electron chi connectivity index (χ3n) is 3.18. The molecule has 1 aromatic carbocycles. The van der Waals surface area contributed by atoms with Gasteiger partial charge in [-0.3, -0.25) is 0 Å². The lowest BCUT2D eigenvalue weighted by Gasteiger charge is -2.12. The minimum atomic E-state index is 0.455. The van der Waals surface area contributed by atoms with Gasteiger partial charge in [0.15, 0.2) is 0 Å². The highest BCUT2D eigenvalue weighted by molar-refractivity contribution is 5.42. The van der Waals surface area contributed by atoms with Crippen molar-refractivity contribution in [2.24, 2.45) is 12.8 Å². The number of aromatic nitrogens is 2. The fourth-order valence-corrected chi connectivity index (χ4v) is 2.34. The number of rotatable bonds is 4. The molecular formula is C15H21N3O. The predicted octanol–water partition coefficient (Wildman–Crippen LogP) is 2.38. The SMILES string of the molecule is Cc1cc(C)c(OCc2nc(CN)cn2C)c(C)c1. The van der Waals surface area contributed by atoms with Gasteiger partial charge in [-0.25, -0.2) is 4.98 Å². The van der Waals surface area contributed by atoms with Crippen LogP contribution in [0.4, 0.5) is 0 Å². The van der Waals surface area contributed by atoms with Crippen molar-refractivity contribution in [3.63, 3.8) is 0 Å². The molecule has 102 valence electrons. The van der Waals surface area contributed by atoms with E-state index >= 15 is 0 Å². The molecule has 4 nitrogen and oxygen atoms in total. The molecule has 0 fully saturated rings. The normalized spacial score (nSPS) is 10.8. The predicted molar refractivity (Wildman–Crippen MR) is 76.1 cm³/mol. The van der Waals surface area contributed by atoms with E-state index < -0.39 is 0 Å². The summed E-state index contributed by atoms with van der Waals surface area (Å²) < 4.78 is 7.88. The van der Waals surface area contributed by atoms with Crippen molar-refractivity contribution in [3.05, 3.63) is 46.5 Å². The zero-order valence-electron chi connectivity index (χ0n) is 12.0. The number of aryl methyl sites for hydroxylation is 4. The Hall–Kier alpha value is -1.81. The first-order chi connectivity index (χ1) is 9.01. The molecule has 0 atom stereocenters. The van der Waals surface area contributed by atoms with Crippen LogP contribution in [0.3, 0.4) is 0 Å². The van der Waals surface area contributed by atoms with Gasteiger partial charge < -0.3 is 15.0 Å². The lowest BCUT2D eigenvalue weighted by atomic mass is 10.1. The topological polar surface area (TPSA) is 53.1 Å². The molecule has 0 saturated carbocycles. The Kier molecular flexibility index (Phi) is 3.90. The molecule has 0 aliphatic rings. The van der Waals surface area contributed by atoms with E-state index in [1.807, 2.05) is 17.8 Å². The highest BCUT2D eigenvalue weighted by Crippen LogP contribution is 2.25. The summed E-state index contributed by atoms with van der Waals surface area (Å²) in [6.07, 6.45) is 1.94. The number of hydrogen-bond acceptors (Lipinski definition) is 3. The minimum absolute atomic E-state index is 0.455. The fraction of sp³-hybridized carbons (Fsp3) is 0.400. The standard InChI is InChI=1S/C15H21N3O/c1-10-5-11(2)15(12(3)6-10)19-9-14-17-13(7-16)8-18(14)4/h5-6,8H,7,9,16H2,1-4H3. The molecule has 0 saturated heterocycles. The summed E-state index contributed by atoms with van der Waals surface area (Å²) in [5.74, 6) is 1.84. The van der Waals surface area contributed by atoms with Gasteiger partial charge in [0.2, 0.25) is 0 Å². The van der Waals surface area contributed by atoms with Crippen LogP contribution in [0.1, 0.15) is 28.2 Å². The summed E-state index contributed by atoms with van der Waals surface area (Å²) in [5, 5.41) is 0. The van der Waals surface area contributed by atoms with Gasteiger partial charge in [-0.2, -0.15) is 0 Å². The Morgan fingerprint density at radius 1 is 1.21 bits per heavy atom. The van der Waals surface area contributed by atoms with Crippen LogP contribution in [0, 0.1) is 20.8 Å². The first-order valence-electron chi connectivity index (χ1n) is 6.43. The van der Waals surface area contributed by atoms with E-state index in [0.717, 1.165) is 28.4 Å². The third kappa shape index (κ3) is 2.96. The average Bonchev–Trinajstić information content (AvgIpc) is 2.69. The van der Waals surface area contributed by atoms with Gasteiger partial charge in [-0.05, 0) is 31.9 Å². The number of hydrogen-bond donors (Lipinski definition) is 1. The quantitative estimate of drug-likeness (QED) is 0.917. The number of nitrogens with two attached hydrogens (primary N) is 1. The second-order valence-corrected chi connectivity index (χ2v) is 4.98. The molecule has 1 heterocycles. The second-order valence-electron chi connectivity index (χ2n) is 4.98. The molecule has 0 radical (unpaired) electrons. The van der Waals surface area contributed by atoms with Crippen LogP contribution in [0.5, 0.6) is 5.75 Å². The second kappa shape index (κ2) is 5.45.